The second-order valence-corrected chi connectivity index (χ2v) is 7.42. The van der Waals surface area contributed by atoms with Gasteiger partial charge in [-0.3, -0.25) is 4.79 Å². The third-order valence-corrected chi connectivity index (χ3v) is 4.99. The molecular formula is C25H25N3O2. The molecule has 0 aliphatic rings. The van der Waals surface area contributed by atoms with Crippen LogP contribution in [0.2, 0.25) is 0 Å². The van der Waals surface area contributed by atoms with E-state index >= 15 is 0 Å². The number of nitrogens with zero attached hydrogens (tertiary/aromatic N) is 2. The molecule has 5 nitrogen and oxygen atoms in total. The van der Waals surface area contributed by atoms with Gasteiger partial charge in [0.2, 0.25) is 0 Å². The van der Waals surface area contributed by atoms with Gasteiger partial charge in [-0.05, 0) is 43.7 Å². The second kappa shape index (κ2) is 8.82. The molecule has 4 aromatic rings. The highest BCUT2D eigenvalue weighted by atomic mass is 16.5. The normalized spacial score (nSPS) is 11.9. The molecule has 1 amide bonds. The van der Waals surface area contributed by atoms with Crippen molar-refractivity contribution in [3.63, 3.8) is 0 Å². The van der Waals surface area contributed by atoms with E-state index in [1.807, 2.05) is 55.5 Å². The van der Waals surface area contributed by atoms with E-state index in [4.69, 9.17) is 9.72 Å². The SMILES string of the molecule is Cc1cccc(Cn2c(C(C)NC(=O)COc3ccccc3)nc3ccccc32)c1. The quantitative estimate of drug-likeness (QED) is 0.492. The molecule has 0 saturated heterocycles. The molecule has 1 heterocycles. The van der Waals surface area contributed by atoms with Gasteiger partial charge in [-0.1, -0.05) is 60.2 Å². The summed E-state index contributed by atoms with van der Waals surface area (Å²) in [6.45, 7) is 4.70. The summed E-state index contributed by atoms with van der Waals surface area (Å²) < 4.78 is 7.74. The highest BCUT2D eigenvalue weighted by molar-refractivity contribution is 5.79. The van der Waals surface area contributed by atoms with Crippen LogP contribution >= 0.6 is 0 Å². The predicted molar refractivity (Wildman–Crippen MR) is 119 cm³/mol. The number of aryl methyl sites for hydroxylation is 1. The molecule has 1 aromatic heterocycles. The van der Waals surface area contributed by atoms with Crippen molar-refractivity contribution in [2.24, 2.45) is 0 Å². The molecule has 0 bridgehead atoms. The minimum absolute atomic E-state index is 0.0353. The van der Waals surface area contributed by atoms with Gasteiger partial charge < -0.3 is 14.6 Å². The molecule has 1 unspecified atom stereocenters. The first-order chi connectivity index (χ1) is 14.6. The van der Waals surface area contributed by atoms with E-state index in [0.29, 0.717) is 12.3 Å². The lowest BCUT2D eigenvalue weighted by Gasteiger charge is -2.17. The largest absolute Gasteiger partial charge is 0.484 e. The Balaban J connectivity index is 1.54. The number of nitrogens with one attached hydrogen (secondary N) is 1. The molecule has 0 spiro atoms. The van der Waals surface area contributed by atoms with Gasteiger partial charge in [-0.25, -0.2) is 4.98 Å². The summed E-state index contributed by atoms with van der Waals surface area (Å²) in [7, 11) is 0. The Kier molecular flexibility index (Phi) is 5.80. The van der Waals surface area contributed by atoms with Gasteiger partial charge in [-0.15, -0.1) is 0 Å². The number of fused-ring (bicyclic) bond motifs is 1. The van der Waals surface area contributed by atoms with Crippen molar-refractivity contribution in [3.05, 3.63) is 95.8 Å². The number of imidazole rings is 1. The third kappa shape index (κ3) is 4.51. The van der Waals surface area contributed by atoms with Crippen molar-refractivity contribution in [1.29, 1.82) is 0 Å². The van der Waals surface area contributed by atoms with Gasteiger partial charge in [-0.2, -0.15) is 0 Å². The van der Waals surface area contributed by atoms with E-state index in [1.54, 1.807) is 0 Å². The number of carbonyl (C=O) groups excluding carboxylic acids is 1. The van der Waals surface area contributed by atoms with Crippen molar-refractivity contribution < 1.29 is 9.53 Å². The second-order valence-electron chi connectivity index (χ2n) is 7.42. The van der Waals surface area contributed by atoms with Crippen LogP contribution in [0.5, 0.6) is 5.75 Å². The lowest BCUT2D eigenvalue weighted by molar-refractivity contribution is -0.123. The molecule has 3 aromatic carbocycles. The number of amides is 1. The van der Waals surface area contributed by atoms with Gasteiger partial charge in [0.1, 0.15) is 11.6 Å². The molecule has 0 aliphatic carbocycles. The maximum atomic E-state index is 12.5. The van der Waals surface area contributed by atoms with Crippen LogP contribution in [0.4, 0.5) is 0 Å². The highest BCUT2D eigenvalue weighted by Gasteiger charge is 2.19. The fourth-order valence-corrected chi connectivity index (χ4v) is 3.60. The summed E-state index contributed by atoms with van der Waals surface area (Å²) in [5, 5.41) is 3.02. The molecule has 5 heteroatoms. The average Bonchev–Trinajstić information content (AvgIpc) is 3.12. The number of carbonyl (C=O) groups is 1. The van der Waals surface area contributed by atoms with E-state index in [9.17, 15) is 4.79 Å². The Morgan fingerprint density at radius 3 is 2.60 bits per heavy atom. The topological polar surface area (TPSA) is 56.2 Å². The van der Waals surface area contributed by atoms with Gasteiger partial charge in [0.25, 0.3) is 5.91 Å². The molecule has 4 rings (SSSR count). The molecule has 152 valence electrons. The number of para-hydroxylation sites is 3. The van der Waals surface area contributed by atoms with E-state index in [-0.39, 0.29) is 18.6 Å². The zero-order valence-corrected chi connectivity index (χ0v) is 17.2. The Morgan fingerprint density at radius 2 is 1.80 bits per heavy atom. The number of ether oxygens (including phenoxy) is 1. The highest BCUT2D eigenvalue weighted by Crippen LogP contribution is 2.22. The molecule has 0 aliphatic heterocycles. The van der Waals surface area contributed by atoms with Crippen molar-refractivity contribution in [1.82, 2.24) is 14.9 Å². The van der Waals surface area contributed by atoms with Crippen LogP contribution < -0.4 is 10.1 Å². The van der Waals surface area contributed by atoms with E-state index in [1.165, 1.54) is 11.1 Å². The first kappa shape index (κ1) is 19.7. The summed E-state index contributed by atoms with van der Waals surface area (Å²) in [5.41, 5.74) is 4.39. The summed E-state index contributed by atoms with van der Waals surface area (Å²) >= 11 is 0. The van der Waals surface area contributed by atoms with Gasteiger partial charge in [0.05, 0.1) is 17.1 Å². The van der Waals surface area contributed by atoms with Gasteiger partial charge in [0, 0.05) is 6.54 Å². The van der Waals surface area contributed by atoms with Crippen molar-refractivity contribution in [2.45, 2.75) is 26.4 Å². The van der Waals surface area contributed by atoms with E-state index in [2.05, 4.69) is 47.1 Å². The van der Waals surface area contributed by atoms with Crippen LogP contribution in [0.1, 0.15) is 29.9 Å². The van der Waals surface area contributed by atoms with Crippen molar-refractivity contribution >= 4 is 16.9 Å². The third-order valence-electron chi connectivity index (χ3n) is 4.99. The average molecular weight is 399 g/mol. The first-order valence-electron chi connectivity index (χ1n) is 10.1. The molecule has 0 fully saturated rings. The Hall–Kier alpha value is -3.60. The zero-order chi connectivity index (χ0) is 20.9. The van der Waals surface area contributed by atoms with Crippen LogP contribution in [-0.2, 0) is 11.3 Å². The maximum absolute atomic E-state index is 12.5. The minimum atomic E-state index is -0.255. The summed E-state index contributed by atoms with van der Waals surface area (Å²) in [4.78, 5) is 17.3. The first-order valence-corrected chi connectivity index (χ1v) is 10.1. The van der Waals surface area contributed by atoms with E-state index in [0.717, 1.165) is 16.9 Å². The van der Waals surface area contributed by atoms with Crippen LogP contribution in [0, 0.1) is 6.92 Å². The Labute approximate surface area is 176 Å². The van der Waals surface area contributed by atoms with Crippen molar-refractivity contribution in [2.75, 3.05) is 6.61 Å². The van der Waals surface area contributed by atoms with Crippen LogP contribution in [0.25, 0.3) is 11.0 Å². The molecule has 0 saturated carbocycles. The maximum Gasteiger partial charge on any atom is 0.258 e. The Morgan fingerprint density at radius 1 is 1.03 bits per heavy atom. The smallest absolute Gasteiger partial charge is 0.258 e. The number of hydrogen-bond donors (Lipinski definition) is 1. The molecule has 1 atom stereocenters. The number of benzene rings is 3. The standard InChI is InChI=1S/C25H25N3O2/c1-18-9-8-10-20(15-18)16-28-23-14-7-6-13-22(23)27-25(28)19(2)26-24(29)17-30-21-11-4-3-5-12-21/h3-15,19H,16-17H2,1-2H3,(H,26,29). The fraction of sp³-hybridized carbons (Fsp3) is 0.200. The summed E-state index contributed by atoms with van der Waals surface area (Å²) in [6.07, 6.45) is 0. The number of aromatic nitrogens is 2. The summed E-state index contributed by atoms with van der Waals surface area (Å²) in [6, 6.07) is 25.6. The molecular weight excluding hydrogens is 374 g/mol. The lowest BCUT2D eigenvalue weighted by atomic mass is 10.1. The number of hydrogen-bond acceptors (Lipinski definition) is 3. The molecule has 1 N–H and O–H groups in total. The number of rotatable bonds is 7. The Bertz CT molecular complexity index is 1150. The molecule has 0 radical (unpaired) electrons. The van der Waals surface area contributed by atoms with Crippen molar-refractivity contribution in [3.8, 4) is 5.75 Å². The predicted octanol–water partition coefficient (Wildman–Crippen LogP) is 4.65. The minimum Gasteiger partial charge on any atom is -0.484 e. The van der Waals surface area contributed by atoms with Crippen LogP contribution in [0.3, 0.4) is 0 Å². The monoisotopic (exact) mass is 399 g/mol. The van der Waals surface area contributed by atoms with Gasteiger partial charge >= 0.3 is 0 Å². The van der Waals surface area contributed by atoms with Gasteiger partial charge in [0.15, 0.2) is 6.61 Å². The van der Waals surface area contributed by atoms with Crippen LogP contribution in [-0.4, -0.2) is 22.1 Å². The molecule has 30 heavy (non-hydrogen) atoms. The van der Waals surface area contributed by atoms with E-state index < -0.39 is 0 Å². The van der Waals surface area contributed by atoms with Crippen LogP contribution in [0.15, 0.2) is 78.9 Å². The zero-order valence-electron chi connectivity index (χ0n) is 17.2. The summed E-state index contributed by atoms with van der Waals surface area (Å²) in [5.74, 6) is 1.32. The lowest BCUT2D eigenvalue weighted by Crippen LogP contribution is -2.32. The fourth-order valence-electron chi connectivity index (χ4n) is 3.60.